The second-order valence-corrected chi connectivity index (χ2v) is 7.64. The number of aliphatic hydroxyl groups is 1. The Morgan fingerprint density at radius 1 is 0.719 bits per heavy atom. The first kappa shape index (κ1) is 21.3. The number of rotatable bonds is 7. The largest absolute Gasteiger partial charge is 0.394 e. The third-order valence-corrected chi connectivity index (χ3v) is 5.27. The molecule has 0 spiro atoms. The fourth-order valence-electron chi connectivity index (χ4n) is 3.60. The Labute approximate surface area is 186 Å². The molecule has 0 aliphatic heterocycles. The lowest BCUT2D eigenvalue weighted by atomic mass is 10.1. The highest BCUT2D eigenvalue weighted by Gasteiger charge is 2.15. The molecule has 0 aliphatic carbocycles. The van der Waals surface area contributed by atoms with Gasteiger partial charge in [0.15, 0.2) is 0 Å². The van der Waals surface area contributed by atoms with Gasteiger partial charge < -0.3 is 15.7 Å². The minimum absolute atomic E-state index is 0.168. The Morgan fingerprint density at radius 2 is 1.44 bits per heavy atom. The normalized spacial score (nSPS) is 11.7. The van der Waals surface area contributed by atoms with Crippen molar-refractivity contribution < 1.29 is 14.7 Å². The number of amides is 2. The summed E-state index contributed by atoms with van der Waals surface area (Å²) in [6, 6.07) is 29.4. The SMILES string of the molecule is O=C(Nc1cccc(C(=O)N[C@H](CO)Cc2ccccc2)c1)c1ccc2ccccc2c1. The van der Waals surface area contributed by atoms with Crippen LogP contribution in [0.2, 0.25) is 0 Å². The zero-order valence-electron chi connectivity index (χ0n) is 17.5. The topological polar surface area (TPSA) is 78.4 Å². The fraction of sp³-hybridized carbons (Fsp3) is 0.111. The summed E-state index contributed by atoms with van der Waals surface area (Å²) in [5, 5.41) is 17.5. The lowest BCUT2D eigenvalue weighted by molar-refractivity contribution is 0.0915. The molecule has 0 aromatic heterocycles. The summed E-state index contributed by atoms with van der Waals surface area (Å²) in [4.78, 5) is 25.4. The van der Waals surface area contributed by atoms with Crippen LogP contribution in [-0.2, 0) is 6.42 Å². The van der Waals surface area contributed by atoms with E-state index in [2.05, 4.69) is 10.6 Å². The Bertz CT molecular complexity index is 1240. The molecule has 0 saturated heterocycles. The van der Waals surface area contributed by atoms with Crippen molar-refractivity contribution in [2.45, 2.75) is 12.5 Å². The van der Waals surface area contributed by atoms with E-state index in [1.54, 1.807) is 30.3 Å². The van der Waals surface area contributed by atoms with E-state index < -0.39 is 6.04 Å². The standard InChI is InChI=1S/C27H24N2O3/c30-18-25(15-19-7-2-1-3-8-19)29-26(31)22-11-6-12-24(17-22)28-27(32)23-14-13-20-9-4-5-10-21(20)16-23/h1-14,16-17,25,30H,15,18H2,(H,28,32)(H,29,31)/t25-/m0/s1. The molecule has 0 unspecified atom stereocenters. The van der Waals surface area contributed by atoms with E-state index in [9.17, 15) is 14.7 Å². The second kappa shape index (κ2) is 9.90. The number of carbonyl (C=O) groups excluding carboxylic acids is 2. The molecule has 5 heteroatoms. The van der Waals surface area contributed by atoms with Crippen LogP contribution < -0.4 is 10.6 Å². The van der Waals surface area contributed by atoms with Gasteiger partial charge in [-0.15, -0.1) is 0 Å². The highest BCUT2D eigenvalue weighted by Crippen LogP contribution is 2.18. The van der Waals surface area contributed by atoms with Crippen LogP contribution in [0.1, 0.15) is 26.3 Å². The van der Waals surface area contributed by atoms with Gasteiger partial charge in [-0.25, -0.2) is 0 Å². The van der Waals surface area contributed by atoms with Crippen LogP contribution in [0.25, 0.3) is 10.8 Å². The quantitative estimate of drug-likeness (QED) is 0.411. The molecule has 160 valence electrons. The van der Waals surface area contributed by atoms with Gasteiger partial charge in [-0.1, -0.05) is 66.7 Å². The van der Waals surface area contributed by atoms with E-state index in [0.717, 1.165) is 16.3 Å². The molecule has 0 heterocycles. The predicted octanol–water partition coefficient (Wildman–Crippen LogP) is 4.43. The predicted molar refractivity (Wildman–Crippen MR) is 127 cm³/mol. The number of fused-ring (bicyclic) bond motifs is 1. The maximum atomic E-state index is 12.7. The Balaban J connectivity index is 1.43. The smallest absolute Gasteiger partial charge is 0.255 e. The van der Waals surface area contributed by atoms with Crippen LogP contribution in [0.5, 0.6) is 0 Å². The average Bonchev–Trinajstić information content (AvgIpc) is 2.84. The Morgan fingerprint density at radius 3 is 2.22 bits per heavy atom. The molecule has 4 rings (SSSR count). The summed E-state index contributed by atoms with van der Waals surface area (Å²) in [5.41, 5.74) is 2.51. The molecule has 0 fully saturated rings. The van der Waals surface area contributed by atoms with Crippen LogP contribution in [0.3, 0.4) is 0 Å². The fourth-order valence-corrected chi connectivity index (χ4v) is 3.60. The van der Waals surface area contributed by atoms with Crippen molar-refractivity contribution in [3.63, 3.8) is 0 Å². The summed E-state index contributed by atoms with van der Waals surface area (Å²) in [5.74, 6) is -0.549. The third kappa shape index (κ3) is 5.20. The van der Waals surface area contributed by atoms with Crippen molar-refractivity contribution in [2.24, 2.45) is 0 Å². The van der Waals surface area contributed by atoms with E-state index in [1.165, 1.54) is 0 Å². The summed E-state index contributed by atoms with van der Waals surface area (Å²) in [6.45, 7) is -0.168. The molecule has 0 radical (unpaired) electrons. The lowest BCUT2D eigenvalue weighted by Gasteiger charge is -2.17. The molecule has 4 aromatic rings. The van der Waals surface area contributed by atoms with Crippen LogP contribution in [0, 0.1) is 0 Å². The van der Waals surface area contributed by atoms with Crippen molar-refractivity contribution in [3.05, 3.63) is 114 Å². The summed E-state index contributed by atoms with van der Waals surface area (Å²) in [7, 11) is 0. The zero-order chi connectivity index (χ0) is 22.3. The maximum Gasteiger partial charge on any atom is 0.255 e. The molecule has 5 nitrogen and oxygen atoms in total. The van der Waals surface area contributed by atoms with Crippen molar-refractivity contribution in [1.29, 1.82) is 0 Å². The van der Waals surface area contributed by atoms with Crippen LogP contribution >= 0.6 is 0 Å². The van der Waals surface area contributed by atoms with Gasteiger partial charge >= 0.3 is 0 Å². The minimum atomic E-state index is -0.402. The number of nitrogens with one attached hydrogen (secondary N) is 2. The van der Waals surface area contributed by atoms with Crippen molar-refractivity contribution in [2.75, 3.05) is 11.9 Å². The van der Waals surface area contributed by atoms with Gasteiger partial charge in [-0.05, 0) is 53.1 Å². The molecular formula is C27H24N2O3. The molecule has 2 amide bonds. The first-order chi connectivity index (χ1) is 15.6. The van der Waals surface area contributed by atoms with E-state index in [4.69, 9.17) is 0 Å². The maximum absolute atomic E-state index is 12.7. The van der Waals surface area contributed by atoms with Crippen molar-refractivity contribution in [3.8, 4) is 0 Å². The van der Waals surface area contributed by atoms with E-state index in [-0.39, 0.29) is 18.4 Å². The van der Waals surface area contributed by atoms with Gasteiger partial charge in [0, 0.05) is 16.8 Å². The number of carbonyl (C=O) groups is 2. The number of hydrogen-bond donors (Lipinski definition) is 3. The molecule has 1 atom stereocenters. The number of benzene rings is 4. The first-order valence-electron chi connectivity index (χ1n) is 10.5. The van der Waals surface area contributed by atoms with E-state index in [1.807, 2.05) is 66.7 Å². The molecule has 0 bridgehead atoms. The van der Waals surface area contributed by atoms with Gasteiger partial charge in [0.1, 0.15) is 0 Å². The Hall–Kier alpha value is -3.96. The average molecular weight is 425 g/mol. The van der Waals surface area contributed by atoms with Crippen LogP contribution in [-0.4, -0.2) is 29.6 Å². The van der Waals surface area contributed by atoms with Crippen molar-refractivity contribution >= 4 is 28.3 Å². The number of aliphatic hydroxyl groups excluding tert-OH is 1. The molecule has 0 aliphatic rings. The summed E-state index contributed by atoms with van der Waals surface area (Å²) < 4.78 is 0. The van der Waals surface area contributed by atoms with Gasteiger partial charge in [0.05, 0.1) is 12.6 Å². The van der Waals surface area contributed by atoms with Gasteiger partial charge in [-0.2, -0.15) is 0 Å². The molecule has 32 heavy (non-hydrogen) atoms. The monoisotopic (exact) mass is 424 g/mol. The molecule has 4 aromatic carbocycles. The van der Waals surface area contributed by atoms with E-state index >= 15 is 0 Å². The molecule has 3 N–H and O–H groups in total. The molecule has 0 saturated carbocycles. The van der Waals surface area contributed by atoms with Gasteiger partial charge in [0.2, 0.25) is 0 Å². The summed E-state index contributed by atoms with van der Waals surface area (Å²) in [6.07, 6.45) is 0.529. The highest BCUT2D eigenvalue weighted by molar-refractivity contribution is 6.07. The van der Waals surface area contributed by atoms with Crippen LogP contribution in [0.15, 0.2) is 97.1 Å². The van der Waals surface area contributed by atoms with Gasteiger partial charge in [0.25, 0.3) is 11.8 Å². The number of anilines is 1. The van der Waals surface area contributed by atoms with Crippen molar-refractivity contribution in [1.82, 2.24) is 5.32 Å². The molecular weight excluding hydrogens is 400 g/mol. The van der Waals surface area contributed by atoms with Crippen LogP contribution in [0.4, 0.5) is 5.69 Å². The number of hydrogen-bond acceptors (Lipinski definition) is 3. The zero-order valence-corrected chi connectivity index (χ0v) is 17.5. The lowest BCUT2D eigenvalue weighted by Crippen LogP contribution is -2.39. The van der Waals surface area contributed by atoms with Gasteiger partial charge in [-0.3, -0.25) is 9.59 Å². The minimum Gasteiger partial charge on any atom is -0.394 e. The highest BCUT2D eigenvalue weighted by atomic mass is 16.3. The summed E-state index contributed by atoms with van der Waals surface area (Å²) >= 11 is 0. The second-order valence-electron chi connectivity index (χ2n) is 7.64. The Kier molecular flexibility index (Phi) is 6.58. The van der Waals surface area contributed by atoms with E-state index in [0.29, 0.717) is 23.2 Å². The first-order valence-corrected chi connectivity index (χ1v) is 10.5. The third-order valence-electron chi connectivity index (χ3n) is 5.27.